The number of fused-ring (bicyclic) bond motifs is 1. The Morgan fingerprint density at radius 2 is 1.91 bits per heavy atom. The Bertz CT molecular complexity index is 1270. The second-order valence-electron chi connectivity index (χ2n) is 9.14. The van der Waals surface area contributed by atoms with E-state index in [-0.39, 0.29) is 12.5 Å². The monoisotopic (exact) mass is 443 g/mol. The number of carbonyl (C=O) groups excluding carboxylic acids is 1. The van der Waals surface area contributed by atoms with Crippen LogP contribution >= 0.6 is 0 Å². The predicted molar refractivity (Wildman–Crippen MR) is 127 cm³/mol. The fourth-order valence-corrected chi connectivity index (χ4v) is 4.68. The van der Waals surface area contributed by atoms with Crippen molar-refractivity contribution in [3.05, 3.63) is 77.9 Å². The van der Waals surface area contributed by atoms with Crippen LogP contribution in [0.4, 0.5) is 0 Å². The van der Waals surface area contributed by atoms with Gasteiger partial charge < -0.3 is 10.4 Å². The minimum atomic E-state index is -0.801. The summed E-state index contributed by atoms with van der Waals surface area (Å²) in [6.45, 7) is 0.266. The van der Waals surface area contributed by atoms with Crippen molar-refractivity contribution in [1.82, 2.24) is 24.7 Å². The van der Waals surface area contributed by atoms with Gasteiger partial charge in [-0.25, -0.2) is 4.52 Å². The summed E-state index contributed by atoms with van der Waals surface area (Å²) in [5, 5.41) is 22.4. The van der Waals surface area contributed by atoms with Crippen LogP contribution in [0.3, 0.4) is 0 Å². The van der Waals surface area contributed by atoms with E-state index in [9.17, 15) is 9.90 Å². The molecule has 0 radical (unpaired) electrons. The Hall–Kier alpha value is -3.45. The number of benzene rings is 1. The number of rotatable bonds is 6. The Balaban J connectivity index is 1.35. The molecule has 1 saturated carbocycles. The van der Waals surface area contributed by atoms with Crippen LogP contribution in [0.1, 0.15) is 53.7 Å². The van der Waals surface area contributed by atoms with Gasteiger partial charge in [-0.05, 0) is 54.2 Å². The van der Waals surface area contributed by atoms with Gasteiger partial charge in [-0.15, -0.1) is 0 Å². The van der Waals surface area contributed by atoms with Gasteiger partial charge in [0.05, 0.1) is 17.3 Å². The van der Waals surface area contributed by atoms with Gasteiger partial charge in [-0.3, -0.25) is 9.48 Å². The van der Waals surface area contributed by atoms with Crippen LogP contribution in [-0.4, -0.2) is 42.6 Å². The Kier molecular flexibility index (Phi) is 5.72. The van der Waals surface area contributed by atoms with E-state index in [2.05, 4.69) is 39.8 Å². The standard InChI is InChI=1S/C26H29N5O2/c1-30-17-22(16-28-30)20-9-7-19(8-10-20)14-21-15-23(29-31-13-5-6-24(21)31)25(32)27-18-26(33)11-3-2-4-12-26/h5-10,13,15-17,33H,2-4,11-12,14,18H2,1H3,(H,27,32). The molecule has 5 rings (SSSR count). The van der Waals surface area contributed by atoms with Crippen LogP contribution in [0.15, 0.2) is 61.1 Å². The highest BCUT2D eigenvalue weighted by molar-refractivity contribution is 5.92. The molecule has 1 aliphatic carbocycles. The van der Waals surface area contributed by atoms with Gasteiger partial charge in [0.25, 0.3) is 5.91 Å². The second kappa shape index (κ2) is 8.83. The first-order valence-corrected chi connectivity index (χ1v) is 11.5. The third-order valence-electron chi connectivity index (χ3n) is 6.57. The van der Waals surface area contributed by atoms with Crippen molar-refractivity contribution in [2.75, 3.05) is 6.54 Å². The van der Waals surface area contributed by atoms with E-state index < -0.39 is 5.60 Å². The molecule has 0 atom stereocenters. The van der Waals surface area contributed by atoms with Crippen molar-refractivity contribution < 1.29 is 9.90 Å². The minimum Gasteiger partial charge on any atom is -0.388 e. The lowest BCUT2D eigenvalue weighted by Gasteiger charge is -2.32. The van der Waals surface area contributed by atoms with E-state index in [0.29, 0.717) is 12.1 Å². The molecule has 1 aromatic carbocycles. The van der Waals surface area contributed by atoms with Crippen molar-refractivity contribution in [3.63, 3.8) is 0 Å². The van der Waals surface area contributed by atoms with Gasteiger partial charge in [0.2, 0.25) is 0 Å². The quantitative estimate of drug-likeness (QED) is 0.475. The summed E-state index contributed by atoms with van der Waals surface area (Å²) >= 11 is 0. The fraction of sp³-hybridized carbons (Fsp3) is 0.346. The van der Waals surface area contributed by atoms with E-state index >= 15 is 0 Å². The van der Waals surface area contributed by atoms with Gasteiger partial charge in [0.15, 0.2) is 0 Å². The number of aromatic nitrogens is 4. The lowest BCUT2D eigenvalue weighted by atomic mass is 9.85. The highest BCUT2D eigenvalue weighted by atomic mass is 16.3. The summed E-state index contributed by atoms with van der Waals surface area (Å²) in [6, 6.07) is 14.2. The molecule has 0 spiro atoms. The predicted octanol–water partition coefficient (Wildman–Crippen LogP) is 3.75. The van der Waals surface area contributed by atoms with Gasteiger partial charge in [0.1, 0.15) is 5.69 Å². The first-order chi connectivity index (χ1) is 16.0. The summed E-state index contributed by atoms with van der Waals surface area (Å²) in [6.07, 6.45) is 11.0. The summed E-state index contributed by atoms with van der Waals surface area (Å²) < 4.78 is 3.55. The Morgan fingerprint density at radius 1 is 1.12 bits per heavy atom. The molecule has 170 valence electrons. The van der Waals surface area contributed by atoms with Gasteiger partial charge in [0, 0.05) is 31.5 Å². The number of hydrogen-bond acceptors (Lipinski definition) is 4. The van der Waals surface area contributed by atoms with Gasteiger partial charge in [-0.1, -0.05) is 43.5 Å². The maximum Gasteiger partial charge on any atom is 0.271 e. The number of hydrogen-bond donors (Lipinski definition) is 2. The normalized spacial score (nSPS) is 15.6. The molecule has 1 amide bonds. The molecule has 0 saturated heterocycles. The molecule has 0 unspecified atom stereocenters. The summed E-state index contributed by atoms with van der Waals surface area (Å²) in [5.74, 6) is -0.252. The molecule has 33 heavy (non-hydrogen) atoms. The lowest BCUT2D eigenvalue weighted by molar-refractivity contribution is 0.00520. The van der Waals surface area contributed by atoms with E-state index in [0.717, 1.165) is 59.9 Å². The molecule has 7 nitrogen and oxygen atoms in total. The molecule has 3 aromatic heterocycles. The van der Waals surface area contributed by atoms with Gasteiger partial charge >= 0.3 is 0 Å². The third-order valence-corrected chi connectivity index (χ3v) is 6.57. The molecule has 0 bridgehead atoms. The van der Waals surface area contributed by atoms with Crippen LogP contribution < -0.4 is 5.32 Å². The van der Waals surface area contributed by atoms with Gasteiger partial charge in [-0.2, -0.15) is 10.2 Å². The van der Waals surface area contributed by atoms with Crippen LogP contribution in [0, 0.1) is 0 Å². The average Bonchev–Trinajstić information content (AvgIpc) is 3.48. The smallest absolute Gasteiger partial charge is 0.271 e. The zero-order chi connectivity index (χ0) is 22.8. The average molecular weight is 444 g/mol. The number of nitrogens with one attached hydrogen (secondary N) is 1. The maximum atomic E-state index is 12.9. The van der Waals surface area contributed by atoms with E-state index in [1.54, 1.807) is 9.20 Å². The zero-order valence-electron chi connectivity index (χ0n) is 18.9. The van der Waals surface area contributed by atoms with E-state index in [4.69, 9.17) is 0 Å². The molecular formula is C26H29N5O2. The van der Waals surface area contributed by atoms with Crippen LogP contribution in [0.2, 0.25) is 0 Å². The molecule has 0 aliphatic heterocycles. The number of nitrogens with zero attached hydrogens (tertiary/aromatic N) is 4. The van der Waals surface area contributed by atoms with E-state index in [1.807, 2.05) is 43.8 Å². The fourth-order valence-electron chi connectivity index (χ4n) is 4.68. The van der Waals surface area contributed by atoms with Crippen molar-refractivity contribution in [2.24, 2.45) is 7.05 Å². The summed E-state index contributed by atoms with van der Waals surface area (Å²) in [5.41, 5.74) is 4.93. The highest BCUT2D eigenvalue weighted by Gasteiger charge is 2.29. The number of amides is 1. The van der Waals surface area contributed by atoms with E-state index in [1.165, 1.54) is 0 Å². The molecule has 1 aliphatic rings. The van der Waals surface area contributed by atoms with Crippen LogP contribution in [0.5, 0.6) is 0 Å². The Labute approximate surface area is 193 Å². The summed E-state index contributed by atoms with van der Waals surface area (Å²) in [4.78, 5) is 12.9. The molecule has 4 aromatic rings. The molecule has 7 heteroatoms. The van der Waals surface area contributed by atoms with Crippen LogP contribution in [0.25, 0.3) is 16.6 Å². The number of aryl methyl sites for hydroxylation is 1. The van der Waals surface area contributed by atoms with Crippen molar-refractivity contribution >= 4 is 11.4 Å². The molecule has 3 heterocycles. The van der Waals surface area contributed by atoms with Crippen molar-refractivity contribution in [2.45, 2.75) is 44.1 Å². The Morgan fingerprint density at radius 3 is 2.64 bits per heavy atom. The molecule has 2 N–H and O–H groups in total. The van der Waals surface area contributed by atoms with Crippen molar-refractivity contribution in [1.29, 1.82) is 0 Å². The maximum absolute atomic E-state index is 12.9. The SMILES string of the molecule is Cn1cc(-c2ccc(Cc3cc(C(=O)NCC4(O)CCCCC4)nn4cccc34)cc2)cn1. The zero-order valence-corrected chi connectivity index (χ0v) is 18.9. The number of carbonyl (C=O) groups is 1. The lowest BCUT2D eigenvalue weighted by Crippen LogP contribution is -2.44. The molecular weight excluding hydrogens is 414 g/mol. The largest absolute Gasteiger partial charge is 0.388 e. The third kappa shape index (κ3) is 4.68. The highest BCUT2D eigenvalue weighted by Crippen LogP contribution is 2.27. The number of aliphatic hydroxyl groups is 1. The first-order valence-electron chi connectivity index (χ1n) is 11.5. The first kappa shape index (κ1) is 21.4. The summed E-state index contributed by atoms with van der Waals surface area (Å²) in [7, 11) is 1.91. The van der Waals surface area contributed by atoms with Crippen molar-refractivity contribution in [3.8, 4) is 11.1 Å². The van der Waals surface area contributed by atoms with Crippen LogP contribution in [-0.2, 0) is 13.5 Å². The topological polar surface area (TPSA) is 84.5 Å². The molecule has 1 fully saturated rings. The second-order valence-corrected chi connectivity index (χ2v) is 9.14. The minimum absolute atomic E-state index is 0.252.